The first-order valence-corrected chi connectivity index (χ1v) is 7.93. The predicted octanol–water partition coefficient (Wildman–Crippen LogP) is 2.98. The Kier molecular flexibility index (Phi) is 4.71. The second kappa shape index (κ2) is 6.18. The van der Waals surface area contributed by atoms with Crippen LogP contribution in [-0.4, -0.2) is 36.3 Å². The molecule has 1 aliphatic rings. The van der Waals surface area contributed by atoms with Crippen molar-refractivity contribution in [1.82, 2.24) is 4.90 Å². The van der Waals surface area contributed by atoms with Gasteiger partial charge in [0.15, 0.2) is 0 Å². The van der Waals surface area contributed by atoms with Crippen molar-refractivity contribution >= 4 is 33.4 Å². The summed E-state index contributed by atoms with van der Waals surface area (Å²) in [7, 11) is 1.80. The van der Waals surface area contributed by atoms with E-state index in [1.165, 1.54) is 0 Å². The first-order valence-electron chi connectivity index (χ1n) is 7.14. The Morgan fingerprint density at radius 2 is 2.10 bits per heavy atom. The third-order valence-electron chi connectivity index (χ3n) is 4.05. The number of nitrogens with zero attached hydrogens (tertiary/aromatic N) is 2. The molecule has 1 atom stereocenters. The van der Waals surface area contributed by atoms with Crippen LogP contribution in [0.2, 0.25) is 0 Å². The Hall–Kier alpha value is -1.36. The molecule has 0 N–H and O–H groups in total. The third kappa shape index (κ3) is 3.28. The van der Waals surface area contributed by atoms with Crippen molar-refractivity contribution in [2.45, 2.75) is 33.2 Å². The van der Waals surface area contributed by atoms with E-state index in [0.717, 1.165) is 15.7 Å². The number of rotatable bonds is 3. The Balaban J connectivity index is 2.16. The number of amides is 2. The average molecular weight is 353 g/mol. The summed E-state index contributed by atoms with van der Waals surface area (Å²) in [6, 6.07) is 5.97. The minimum atomic E-state index is -0.242. The van der Waals surface area contributed by atoms with Crippen LogP contribution in [0.4, 0.5) is 5.69 Å². The van der Waals surface area contributed by atoms with Gasteiger partial charge in [0.05, 0.1) is 5.92 Å². The van der Waals surface area contributed by atoms with Crippen molar-refractivity contribution in [2.75, 3.05) is 18.5 Å². The fourth-order valence-corrected chi connectivity index (χ4v) is 2.71. The molecular formula is C16H21BrN2O2. The lowest BCUT2D eigenvalue weighted by atomic mass is 10.1. The maximum atomic E-state index is 12.4. The molecule has 1 saturated heterocycles. The molecule has 0 spiro atoms. The van der Waals surface area contributed by atoms with E-state index in [9.17, 15) is 9.59 Å². The normalized spacial score (nSPS) is 18.5. The number of carbonyl (C=O) groups is 2. The largest absolute Gasteiger partial charge is 0.343 e. The molecule has 114 valence electrons. The van der Waals surface area contributed by atoms with Gasteiger partial charge in [-0.1, -0.05) is 15.9 Å². The summed E-state index contributed by atoms with van der Waals surface area (Å²) >= 11 is 3.46. The minimum Gasteiger partial charge on any atom is -0.343 e. The van der Waals surface area contributed by atoms with E-state index in [1.807, 2.05) is 39.0 Å². The molecule has 1 heterocycles. The molecule has 0 bridgehead atoms. The second-order valence-corrected chi connectivity index (χ2v) is 6.74. The standard InChI is InChI=1S/C16H21BrN2O2/c1-10(2)18(4)16(21)12-8-15(20)19(9-12)13-5-6-14(17)11(3)7-13/h5-7,10,12H,8-9H2,1-4H3. The first kappa shape index (κ1) is 16.0. The highest BCUT2D eigenvalue weighted by Gasteiger charge is 2.36. The van der Waals surface area contributed by atoms with Gasteiger partial charge in [0, 0.05) is 36.2 Å². The van der Waals surface area contributed by atoms with Gasteiger partial charge >= 0.3 is 0 Å². The Labute approximate surface area is 134 Å². The highest BCUT2D eigenvalue weighted by Crippen LogP contribution is 2.29. The molecule has 4 nitrogen and oxygen atoms in total. The van der Waals surface area contributed by atoms with Gasteiger partial charge in [0.1, 0.15) is 0 Å². The zero-order valence-corrected chi connectivity index (χ0v) is 14.5. The number of anilines is 1. The van der Waals surface area contributed by atoms with E-state index in [2.05, 4.69) is 15.9 Å². The van der Waals surface area contributed by atoms with E-state index in [0.29, 0.717) is 13.0 Å². The fraction of sp³-hybridized carbons (Fsp3) is 0.500. The minimum absolute atomic E-state index is 0.0206. The van der Waals surface area contributed by atoms with Crippen LogP contribution in [0.5, 0.6) is 0 Å². The number of aryl methyl sites for hydroxylation is 1. The molecule has 5 heteroatoms. The topological polar surface area (TPSA) is 40.6 Å². The molecule has 0 aromatic heterocycles. The van der Waals surface area contributed by atoms with Gasteiger partial charge in [-0.3, -0.25) is 9.59 Å². The number of hydrogen-bond acceptors (Lipinski definition) is 2. The third-order valence-corrected chi connectivity index (χ3v) is 4.94. The summed E-state index contributed by atoms with van der Waals surface area (Å²) in [4.78, 5) is 28.0. The highest BCUT2D eigenvalue weighted by molar-refractivity contribution is 9.10. The summed E-state index contributed by atoms with van der Waals surface area (Å²) < 4.78 is 1.02. The molecule has 1 unspecified atom stereocenters. The van der Waals surface area contributed by atoms with E-state index < -0.39 is 0 Å². The Bertz CT molecular complexity index is 571. The Morgan fingerprint density at radius 1 is 1.43 bits per heavy atom. The van der Waals surface area contributed by atoms with Crippen LogP contribution < -0.4 is 4.90 Å². The van der Waals surface area contributed by atoms with Crippen molar-refractivity contribution in [3.63, 3.8) is 0 Å². The van der Waals surface area contributed by atoms with Gasteiger partial charge < -0.3 is 9.80 Å². The van der Waals surface area contributed by atoms with Crippen LogP contribution in [0.3, 0.4) is 0 Å². The summed E-state index contributed by atoms with van der Waals surface area (Å²) in [6.07, 6.45) is 0.297. The fourth-order valence-electron chi connectivity index (χ4n) is 2.46. The number of benzene rings is 1. The van der Waals surface area contributed by atoms with Crippen LogP contribution in [0.25, 0.3) is 0 Å². The lowest BCUT2D eigenvalue weighted by Gasteiger charge is -2.24. The quantitative estimate of drug-likeness (QED) is 0.838. The van der Waals surface area contributed by atoms with E-state index in [1.54, 1.807) is 16.8 Å². The number of hydrogen-bond donors (Lipinski definition) is 0. The Morgan fingerprint density at radius 3 is 2.67 bits per heavy atom. The van der Waals surface area contributed by atoms with Crippen molar-refractivity contribution in [3.8, 4) is 0 Å². The second-order valence-electron chi connectivity index (χ2n) is 5.88. The van der Waals surface area contributed by atoms with Gasteiger partial charge in [-0.2, -0.15) is 0 Å². The smallest absolute Gasteiger partial charge is 0.227 e. The van der Waals surface area contributed by atoms with Gasteiger partial charge in [-0.15, -0.1) is 0 Å². The van der Waals surface area contributed by atoms with Crippen LogP contribution in [0, 0.1) is 12.8 Å². The van der Waals surface area contributed by atoms with Crippen molar-refractivity contribution in [2.24, 2.45) is 5.92 Å². The number of halogens is 1. The molecule has 0 aliphatic carbocycles. The van der Waals surface area contributed by atoms with Crippen molar-refractivity contribution < 1.29 is 9.59 Å². The maximum Gasteiger partial charge on any atom is 0.227 e. The monoisotopic (exact) mass is 352 g/mol. The molecule has 1 fully saturated rings. The van der Waals surface area contributed by atoms with Gasteiger partial charge in [0.2, 0.25) is 11.8 Å². The van der Waals surface area contributed by atoms with Crippen LogP contribution in [0.15, 0.2) is 22.7 Å². The van der Waals surface area contributed by atoms with E-state index >= 15 is 0 Å². The maximum absolute atomic E-state index is 12.4. The van der Waals surface area contributed by atoms with Gasteiger partial charge in [-0.05, 0) is 44.5 Å². The van der Waals surface area contributed by atoms with Crippen molar-refractivity contribution in [3.05, 3.63) is 28.2 Å². The predicted molar refractivity (Wildman–Crippen MR) is 87.2 cm³/mol. The summed E-state index contributed by atoms with van der Waals surface area (Å²) in [6.45, 7) is 6.41. The molecular weight excluding hydrogens is 332 g/mol. The molecule has 2 amide bonds. The lowest BCUT2D eigenvalue weighted by molar-refractivity contribution is -0.135. The zero-order chi connectivity index (χ0) is 15.7. The molecule has 2 rings (SSSR count). The molecule has 0 saturated carbocycles. The molecule has 1 aromatic rings. The van der Waals surface area contributed by atoms with E-state index in [4.69, 9.17) is 0 Å². The summed E-state index contributed by atoms with van der Waals surface area (Å²) in [5.41, 5.74) is 1.94. The molecule has 1 aromatic carbocycles. The molecule has 1 aliphatic heterocycles. The van der Waals surface area contributed by atoms with Crippen LogP contribution in [-0.2, 0) is 9.59 Å². The van der Waals surface area contributed by atoms with Gasteiger partial charge in [-0.25, -0.2) is 0 Å². The zero-order valence-electron chi connectivity index (χ0n) is 12.9. The summed E-state index contributed by atoms with van der Waals surface area (Å²) in [5.74, 6) is -0.171. The highest BCUT2D eigenvalue weighted by atomic mass is 79.9. The lowest BCUT2D eigenvalue weighted by Crippen LogP contribution is -2.38. The van der Waals surface area contributed by atoms with E-state index in [-0.39, 0.29) is 23.8 Å². The molecule has 21 heavy (non-hydrogen) atoms. The average Bonchev–Trinajstić information content (AvgIpc) is 2.82. The first-order chi connectivity index (χ1) is 9.81. The number of carbonyl (C=O) groups excluding carboxylic acids is 2. The van der Waals surface area contributed by atoms with Crippen molar-refractivity contribution in [1.29, 1.82) is 0 Å². The van der Waals surface area contributed by atoms with Crippen LogP contribution >= 0.6 is 15.9 Å². The van der Waals surface area contributed by atoms with Gasteiger partial charge in [0.25, 0.3) is 0 Å². The summed E-state index contributed by atoms with van der Waals surface area (Å²) in [5, 5.41) is 0. The SMILES string of the molecule is Cc1cc(N2CC(C(=O)N(C)C(C)C)CC2=O)ccc1Br. The molecule has 0 radical (unpaired) electrons. The van der Waals surface area contributed by atoms with Crippen LogP contribution in [0.1, 0.15) is 25.8 Å².